The molecule has 2 aromatic heterocycles. The van der Waals surface area contributed by atoms with Crippen LogP contribution in [0.1, 0.15) is 32.1 Å². The highest BCUT2D eigenvalue weighted by atomic mass is 16.2. The Labute approximate surface area is 150 Å². The van der Waals surface area contributed by atoms with Crippen LogP contribution in [-0.4, -0.2) is 37.6 Å². The summed E-state index contributed by atoms with van der Waals surface area (Å²) in [6.07, 6.45) is 3.37. The molecule has 26 heavy (non-hydrogen) atoms. The van der Waals surface area contributed by atoms with Crippen LogP contribution in [-0.2, 0) is 13.1 Å². The Morgan fingerprint density at radius 1 is 1.15 bits per heavy atom. The van der Waals surface area contributed by atoms with Crippen LogP contribution in [0.25, 0.3) is 5.69 Å². The largest absolute Gasteiger partial charge is 0.366 e. The van der Waals surface area contributed by atoms with Gasteiger partial charge in [-0.15, -0.1) is 0 Å². The maximum absolute atomic E-state index is 13.0. The van der Waals surface area contributed by atoms with E-state index in [1.165, 1.54) is 0 Å². The fourth-order valence-electron chi connectivity index (χ4n) is 3.33. The van der Waals surface area contributed by atoms with Crippen LogP contribution in [0.2, 0.25) is 0 Å². The smallest absolute Gasteiger partial charge is 0.257 e. The average molecular weight is 349 g/mol. The third kappa shape index (κ3) is 2.67. The van der Waals surface area contributed by atoms with Gasteiger partial charge in [0.15, 0.2) is 0 Å². The number of nitrogens with two attached hydrogens (primary N) is 1. The van der Waals surface area contributed by atoms with Gasteiger partial charge in [-0.05, 0) is 25.1 Å². The summed E-state index contributed by atoms with van der Waals surface area (Å²) < 4.78 is 3.75. The Bertz CT molecular complexity index is 987. The Kier molecular flexibility index (Phi) is 3.84. The average Bonchev–Trinajstić information content (AvgIpc) is 3.25. The van der Waals surface area contributed by atoms with E-state index in [4.69, 9.17) is 5.73 Å². The van der Waals surface area contributed by atoms with E-state index < -0.39 is 5.91 Å². The number of hydrogen-bond acceptors (Lipinski definition) is 3. The maximum Gasteiger partial charge on any atom is 0.257 e. The highest BCUT2D eigenvalue weighted by Crippen LogP contribution is 2.21. The van der Waals surface area contributed by atoms with Gasteiger partial charge in [-0.2, -0.15) is 5.10 Å². The van der Waals surface area contributed by atoms with E-state index in [0.717, 1.165) is 17.1 Å². The molecule has 3 heterocycles. The lowest BCUT2D eigenvalue weighted by molar-refractivity contribution is 0.0710. The predicted octanol–water partition coefficient (Wildman–Crippen LogP) is 1.74. The van der Waals surface area contributed by atoms with Gasteiger partial charge >= 0.3 is 0 Å². The summed E-state index contributed by atoms with van der Waals surface area (Å²) in [5.41, 5.74) is 9.04. The summed E-state index contributed by atoms with van der Waals surface area (Å²) >= 11 is 0. The number of aromatic nitrogens is 3. The number of primary amides is 1. The molecule has 0 aliphatic carbocycles. The first-order chi connectivity index (χ1) is 12.5. The van der Waals surface area contributed by atoms with Crippen LogP contribution < -0.4 is 5.73 Å². The molecule has 4 rings (SSSR count). The molecule has 2 amide bonds. The molecule has 1 aliphatic rings. The minimum Gasteiger partial charge on any atom is -0.366 e. The quantitative estimate of drug-likeness (QED) is 0.781. The molecule has 2 N–H and O–H groups in total. The number of nitrogens with zero attached hydrogens (tertiary/aromatic N) is 4. The van der Waals surface area contributed by atoms with Crippen molar-refractivity contribution in [2.75, 3.05) is 6.54 Å². The summed E-state index contributed by atoms with van der Waals surface area (Å²) in [6.45, 7) is 3.56. The Balaban J connectivity index is 1.59. The first-order valence-corrected chi connectivity index (χ1v) is 8.43. The van der Waals surface area contributed by atoms with Crippen molar-refractivity contribution < 1.29 is 9.59 Å². The fourth-order valence-corrected chi connectivity index (χ4v) is 3.33. The van der Waals surface area contributed by atoms with Crippen molar-refractivity contribution in [2.45, 2.75) is 20.0 Å². The minimum absolute atomic E-state index is 0.0576. The van der Waals surface area contributed by atoms with Crippen molar-refractivity contribution in [1.82, 2.24) is 19.2 Å². The standard InChI is InChI=1S/C19H19N5O2/c1-13-17(10-21-24(13)15-5-3-2-4-6-15)19(26)23-8-7-22-11-14(18(20)25)9-16(22)12-23/h2-6,9-11H,7-8,12H2,1H3,(H2,20,25). The number of rotatable bonds is 3. The molecule has 7 nitrogen and oxygen atoms in total. The lowest BCUT2D eigenvalue weighted by Crippen LogP contribution is -2.38. The monoisotopic (exact) mass is 349 g/mol. The van der Waals surface area contributed by atoms with Crippen LogP contribution >= 0.6 is 0 Å². The summed E-state index contributed by atoms with van der Waals surface area (Å²) in [4.78, 5) is 26.1. The van der Waals surface area contributed by atoms with Gasteiger partial charge < -0.3 is 15.2 Å². The van der Waals surface area contributed by atoms with Gasteiger partial charge in [0.05, 0.1) is 35.2 Å². The first-order valence-electron chi connectivity index (χ1n) is 8.43. The molecular weight excluding hydrogens is 330 g/mol. The molecule has 0 radical (unpaired) electrons. The van der Waals surface area contributed by atoms with Gasteiger partial charge in [0.2, 0.25) is 5.91 Å². The molecule has 7 heteroatoms. The van der Waals surface area contributed by atoms with Crippen molar-refractivity contribution in [3.8, 4) is 5.69 Å². The molecule has 0 fully saturated rings. The molecule has 0 bridgehead atoms. The van der Waals surface area contributed by atoms with Gasteiger partial charge in [-0.3, -0.25) is 9.59 Å². The van der Waals surface area contributed by atoms with Gasteiger partial charge in [-0.25, -0.2) is 4.68 Å². The van der Waals surface area contributed by atoms with Crippen LogP contribution in [0.15, 0.2) is 48.8 Å². The van der Waals surface area contributed by atoms with E-state index in [9.17, 15) is 9.59 Å². The van der Waals surface area contributed by atoms with Crippen LogP contribution in [0.5, 0.6) is 0 Å². The van der Waals surface area contributed by atoms with Gasteiger partial charge in [0, 0.05) is 25.0 Å². The third-order valence-electron chi connectivity index (χ3n) is 4.76. The summed E-state index contributed by atoms with van der Waals surface area (Å²) in [6, 6.07) is 11.5. The molecular formula is C19H19N5O2. The van der Waals surface area contributed by atoms with Crippen molar-refractivity contribution in [3.05, 3.63) is 71.3 Å². The molecule has 0 saturated heterocycles. The van der Waals surface area contributed by atoms with E-state index in [1.54, 1.807) is 28.0 Å². The zero-order valence-corrected chi connectivity index (χ0v) is 14.4. The molecule has 1 aliphatic heterocycles. The summed E-state index contributed by atoms with van der Waals surface area (Å²) in [5.74, 6) is -0.512. The highest BCUT2D eigenvalue weighted by molar-refractivity contribution is 5.95. The number of amides is 2. The normalized spacial score (nSPS) is 13.5. The lowest BCUT2D eigenvalue weighted by atomic mass is 10.2. The zero-order valence-electron chi connectivity index (χ0n) is 14.4. The molecule has 0 saturated carbocycles. The highest BCUT2D eigenvalue weighted by Gasteiger charge is 2.25. The number of benzene rings is 1. The van der Waals surface area contributed by atoms with Crippen molar-refractivity contribution >= 4 is 11.8 Å². The predicted molar refractivity (Wildman–Crippen MR) is 96.0 cm³/mol. The molecule has 0 atom stereocenters. The second-order valence-corrected chi connectivity index (χ2v) is 6.40. The van der Waals surface area contributed by atoms with E-state index in [1.807, 2.05) is 41.8 Å². The topological polar surface area (TPSA) is 86.2 Å². The van der Waals surface area contributed by atoms with Crippen molar-refractivity contribution in [2.24, 2.45) is 5.73 Å². The fraction of sp³-hybridized carbons (Fsp3) is 0.211. The van der Waals surface area contributed by atoms with Gasteiger partial charge in [-0.1, -0.05) is 18.2 Å². The van der Waals surface area contributed by atoms with Crippen molar-refractivity contribution in [3.63, 3.8) is 0 Å². The first kappa shape index (κ1) is 16.1. The van der Waals surface area contributed by atoms with Crippen molar-refractivity contribution in [1.29, 1.82) is 0 Å². The van der Waals surface area contributed by atoms with Crippen LogP contribution in [0.4, 0.5) is 0 Å². The zero-order chi connectivity index (χ0) is 18.3. The second kappa shape index (κ2) is 6.18. The molecule has 132 valence electrons. The second-order valence-electron chi connectivity index (χ2n) is 6.40. The minimum atomic E-state index is -0.454. The number of carbonyl (C=O) groups is 2. The van der Waals surface area contributed by atoms with Gasteiger partial charge in [0.25, 0.3) is 5.91 Å². The molecule has 0 unspecified atom stereocenters. The SMILES string of the molecule is Cc1c(C(=O)N2CCn3cc(C(N)=O)cc3C2)cnn1-c1ccccc1. The number of fused-ring (bicyclic) bond motifs is 1. The van der Waals surface area contributed by atoms with E-state index in [2.05, 4.69) is 5.10 Å². The lowest BCUT2D eigenvalue weighted by Gasteiger charge is -2.28. The third-order valence-corrected chi connectivity index (χ3v) is 4.76. The van der Waals surface area contributed by atoms with Crippen LogP contribution in [0, 0.1) is 6.92 Å². The Hall–Kier alpha value is -3.35. The molecule has 3 aromatic rings. The Morgan fingerprint density at radius 2 is 1.92 bits per heavy atom. The molecule has 0 spiro atoms. The van der Waals surface area contributed by atoms with E-state index >= 15 is 0 Å². The molecule has 1 aromatic carbocycles. The summed E-state index contributed by atoms with van der Waals surface area (Å²) in [5, 5.41) is 4.38. The van der Waals surface area contributed by atoms with Gasteiger partial charge in [0.1, 0.15) is 0 Å². The van der Waals surface area contributed by atoms with E-state index in [0.29, 0.717) is 30.8 Å². The number of carbonyl (C=O) groups excluding carboxylic acids is 2. The number of para-hydroxylation sites is 1. The van der Waals surface area contributed by atoms with Crippen LogP contribution in [0.3, 0.4) is 0 Å². The summed E-state index contributed by atoms with van der Waals surface area (Å²) in [7, 11) is 0. The van der Waals surface area contributed by atoms with E-state index in [-0.39, 0.29) is 5.91 Å². The maximum atomic E-state index is 13.0. The Morgan fingerprint density at radius 3 is 2.65 bits per heavy atom. The number of hydrogen-bond donors (Lipinski definition) is 1.